The minimum atomic E-state index is -1.38. The highest BCUT2D eigenvalue weighted by Gasteiger charge is 2.25. The number of amides is 2. The van der Waals surface area contributed by atoms with Crippen molar-refractivity contribution in [3.8, 4) is 0 Å². The van der Waals surface area contributed by atoms with E-state index in [1.807, 2.05) is 0 Å². The number of hydrogen-bond donors (Lipinski definition) is 4. The lowest BCUT2D eigenvalue weighted by atomic mass is 10.1. The number of aliphatic carboxylic acids is 1. The van der Waals surface area contributed by atoms with Gasteiger partial charge in [0.15, 0.2) is 0 Å². The van der Waals surface area contributed by atoms with E-state index in [1.165, 1.54) is 0 Å². The summed E-state index contributed by atoms with van der Waals surface area (Å²) in [6.07, 6.45) is -0.484. The molecule has 0 radical (unpaired) electrons. The molecule has 0 bridgehead atoms. The van der Waals surface area contributed by atoms with Gasteiger partial charge in [-0.1, -0.05) is 30.3 Å². The topological polar surface area (TPSA) is 136 Å². The monoisotopic (exact) mass is 265 g/mol. The molecule has 0 saturated heterocycles. The summed E-state index contributed by atoms with van der Waals surface area (Å²) < 4.78 is 0. The van der Waals surface area contributed by atoms with Gasteiger partial charge in [-0.3, -0.25) is 9.59 Å². The van der Waals surface area contributed by atoms with Crippen LogP contribution in [0.2, 0.25) is 0 Å². The molecular weight excluding hydrogens is 250 g/mol. The second-order valence-electron chi connectivity index (χ2n) is 3.96. The fourth-order valence-electron chi connectivity index (χ4n) is 1.47. The molecule has 0 aliphatic heterocycles. The third-order valence-corrected chi connectivity index (χ3v) is 2.46. The van der Waals surface area contributed by atoms with E-state index < -0.39 is 36.3 Å². The third-order valence-electron chi connectivity index (χ3n) is 2.46. The van der Waals surface area contributed by atoms with Crippen LogP contribution in [-0.4, -0.2) is 28.9 Å². The van der Waals surface area contributed by atoms with Gasteiger partial charge in [-0.15, -0.1) is 0 Å². The first kappa shape index (κ1) is 14.7. The first-order valence-electron chi connectivity index (χ1n) is 5.54. The average molecular weight is 265 g/mol. The van der Waals surface area contributed by atoms with Gasteiger partial charge < -0.3 is 21.9 Å². The Morgan fingerprint density at radius 2 is 1.79 bits per heavy atom. The first-order valence-corrected chi connectivity index (χ1v) is 5.54. The molecule has 0 heterocycles. The number of benzene rings is 1. The van der Waals surface area contributed by atoms with Gasteiger partial charge in [-0.2, -0.15) is 0 Å². The maximum Gasteiger partial charge on any atom is 0.326 e. The molecule has 7 heteroatoms. The molecular formula is C12H15N3O4. The highest BCUT2D eigenvalue weighted by Crippen LogP contribution is 2.09. The molecule has 1 aromatic rings. The van der Waals surface area contributed by atoms with Crippen LogP contribution in [0.1, 0.15) is 18.0 Å². The van der Waals surface area contributed by atoms with Crippen molar-refractivity contribution >= 4 is 17.8 Å². The van der Waals surface area contributed by atoms with Crippen molar-refractivity contribution in [2.75, 3.05) is 0 Å². The van der Waals surface area contributed by atoms with Crippen LogP contribution in [0, 0.1) is 0 Å². The van der Waals surface area contributed by atoms with Gasteiger partial charge in [-0.25, -0.2) is 4.79 Å². The molecule has 0 spiro atoms. The van der Waals surface area contributed by atoms with E-state index >= 15 is 0 Å². The van der Waals surface area contributed by atoms with E-state index in [1.54, 1.807) is 30.3 Å². The standard InChI is InChI=1S/C12H15N3O4/c13-9(16)6-8(12(18)19)15-11(17)10(14)7-4-2-1-3-5-7/h1-5,8,10H,6,14H2,(H2,13,16)(H,15,17)(H,18,19)/t8-,10?/m1/s1. The summed E-state index contributed by atoms with van der Waals surface area (Å²) in [5.74, 6) is -2.84. The lowest BCUT2D eigenvalue weighted by molar-refractivity contribution is -0.143. The molecule has 0 aromatic heterocycles. The van der Waals surface area contributed by atoms with Gasteiger partial charge in [0, 0.05) is 0 Å². The molecule has 1 rings (SSSR count). The lowest BCUT2D eigenvalue weighted by Gasteiger charge is -2.17. The van der Waals surface area contributed by atoms with Crippen molar-refractivity contribution < 1.29 is 19.5 Å². The number of carbonyl (C=O) groups is 3. The van der Waals surface area contributed by atoms with Crippen LogP contribution in [0.4, 0.5) is 0 Å². The predicted octanol–water partition coefficient (Wildman–Crippen LogP) is -0.869. The lowest BCUT2D eigenvalue weighted by Crippen LogP contribution is -2.46. The molecule has 0 saturated carbocycles. The zero-order valence-corrected chi connectivity index (χ0v) is 10.1. The molecule has 7 nitrogen and oxygen atoms in total. The van der Waals surface area contributed by atoms with Crippen molar-refractivity contribution in [1.82, 2.24) is 5.32 Å². The second-order valence-corrected chi connectivity index (χ2v) is 3.96. The molecule has 102 valence electrons. The number of carboxylic acid groups (broad SMARTS) is 1. The smallest absolute Gasteiger partial charge is 0.326 e. The van der Waals surface area contributed by atoms with Crippen LogP contribution in [-0.2, 0) is 14.4 Å². The molecule has 1 aromatic carbocycles. The number of nitrogens with two attached hydrogens (primary N) is 2. The normalized spacial score (nSPS) is 13.3. The van der Waals surface area contributed by atoms with E-state index in [0.29, 0.717) is 5.56 Å². The minimum absolute atomic E-state index is 0.484. The maximum atomic E-state index is 11.8. The SMILES string of the molecule is NC(=O)C[C@@H](NC(=O)C(N)c1ccccc1)C(=O)O. The Kier molecular flexibility index (Phi) is 5.01. The fourth-order valence-corrected chi connectivity index (χ4v) is 1.47. The quantitative estimate of drug-likeness (QED) is 0.530. The Morgan fingerprint density at radius 1 is 1.21 bits per heavy atom. The van der Waals surface area contributed by atoms with Crippen LogP contribution >= 0.6 is 0 Å². The van der Waals surface area contributed by atoms with E-state index in [0.717, 1.165) is 0 Å². The molecule has 0 aliphatic rings. The summed E-state index contributed by atoms with van der Waals surface area (Å²) in [6.45, 7) is 0. The predicted molar refractivity (Wildman–Crippen MR) is 66.7 cm³/mol. The largest absolute Gasteiger partial charge is 0.480 e. The molecule has 6 N–H and O–H groups in total. The average Bonchev–Trinajstić information content (AvgIpc) is 2.37. The Bertz CT molecular complexity index is 475. The summed E-state index contributed by atoms with van der Waals surface area (Å²) in [5.41, 5.74) is 11.2. The van der Waals surface area contributed by atoms with Crippen LogP contribution in [0.15, 0.2) is 30.3 Å². The number of hydrogen-bond acceptors (Lipinski definition) is 4. The third kappa shape index (κ3) is 4.40. The van der Waals surface area contributed by atoms with Crippen molar-refractivity contribution in [3.05, 3.63) is 35.9 Å². The number of nitrogens with one attached hydrogen (secondary N) is 1. The highest BCUT2D eigenvalue weighted by molar-refractivity contribution is 5.90. The van der Waals surface area contributed by atoms with Gasteiger partial charge in [0.2, 0.25) is 11.8 Å². The summed E-state index contributed by atoms with van der Waals surface area (Å²) >= 11 is 0. The van der Waals surface area contributed by atoms with Crippen molar-refractivity contribution in [2.45, 2.75) is 18.5 Å². The van der Waals surface area contributed by atoms with Crippen molar-refractivity contribution in [3.63, 3.8) is 0 Å². The molecule has 2 atom stereocenters. The Hall–Kier alpha value is -2.41. The van der Waals surface area contributed by atoms with E-state index in [-0.39, 0.29) is 0 Å². The molecule has 2 amide bonds. The zero-order chi connectivity index (χ0) is 14.4. The van der Waals surface area contributed by atoms with Crippen LogP contribution < -0.4 is 16.8 Å². The van der Waals surface area contributed by atoms with Gasteiger partial charge >= 0.3 is 5.97 Å². The first-order chi connectivity index (χ1) is 8.91. The Labute approximate surface area is 109 Å². The number of carbonyl (C=O) groups excluding carboxylic acids is 2. The zero-order valence-electron chi connectivity index (χ0n) is 10.1. The minimum Gasteiger partial charge on any atom is -0.480 e. The van der Waals surface area contributed by atoms with Crippen LogP contribution in [0.25, 0.3) is 0 Å². The number of rotatable bonds is 6. The van der Waals surface area contributed by atoms with Crippen LogP contribution in [0.5, 0.6) is 0 Å². The van der Waals surface area contributed by atoms with Crippen molar-refractivity contribution in [1.29, 1.82) is 0 Å². The van der Waals surface area contributed by atoms with Crippen molar-refractivity contribution in [2.24, 2.45) is 11.5 Å². The highest BCUT2D eigenvalue weighted by atomic mass is 16.4. The Morgan fingerprint density at radius 3 is 2.26 bits per heavy atom. The van der Waals surface area contributed by atoms with E-state index in [2.05, 4.69) is 5.32 Å². The van der Waals surface area contributed by atoms with Gasteiger partial charge in [0.25, 0.3) is 0 Å². The summed E-state index contributed by atoms with van der Waals surface area (Å²) in [4.78, 5) is 33.4. The summed E-state index contributed by atoms with van der Waals surface area (Å²) in [7, 11) is 0. The summed E-state index contributed by atoms with van der Waals surface area (Å²) in [6, 6.07) is 6.10. The van der Waals surface area contributed by atoms with Gasteiger partial charge in [0.05, 0.1) is 6.42 Å². The van der Waals surface area contributed by atoms with E-state index in [4.69, 9.17) is 16.6 Å². The van der Waals surface area contributed by atoms with Crippen LogP contribution in [0.3, 0.4) is 0 Å². The number of primary amides is 1. The molecule has 19 heavy (non-hydrogen) atoms. The summed E-state index contributed by atoms with van der Waals surface area (Å²) in [5, 5.41) is 11.0. The Balaban J connectivity index is 2.72. The second kappa shape index (κ2) is 6.50. The maximum absolute atomic E-state index is 11.8. The van der Waals surface area contributed by atoms with Gasteiger partial charge in [0.1, 0.15) is 12.1 Å². The van der Waals surface area contributed by atoms with E-state index in [9.17, 15) is 14.4 Å². The molecule has 1 unspecified atom stereocenters. The molecule has 0 fully saturated rings. The fraction of sp³-hybridized carbons (Fsp3) is 0.250. The van der Waals surface area contributed by atoms with Gasteiger partial charge in [-0.05, 0) is 5.56 Å². The molecule has 0 aliphatic carbocycles. The number of carboxylic acids is 1.